The smallest absolute Gasteiger partial charge is 0.304 e. The van der Waals surface area contributed by atoms with E-state index in [1.54, 1.807) is 17.8 Å². The molecular formula is C11H11Cl2NO2S. The molecule has 0 aliphatic carbocycles. The Hall–Kier alpha value is -0.420. The summed E-state index contributed by atoms with van der Waals surface area (Å²) in [5, 5.41) is 13.1. The summed E-state index contributed by atoms with van der Waals surface area (Å²) in [6, 6.07) is 5.47. The Balaban J connectivity index is 2.10. The monoisotopic (exact) mass is 291 g/mol. The number of nitrogens with one attached hydrogen (secondary N) is 1. The minimum Gasteiger partial charge on any atom is -0.481 e. The van der Waals surface area contributed by atoms with Gasteiger partial charge in [0.15, 0.2) is 0 Å². The highest BCUT2D eigenvalue weighted by atomic mass is 35.5. The normalized spacial score (nSPS) is 23.9. The van der Waals surface area contributed by atoms with Crippen LogP contribution in [0.3, 0.4) is 0 Å². The molecule has 1 aliphatic heterocycles. The SMILES string of the molecule is O=C(O)CC1CSC(c2cccc(Cl)c2Cl)N1. The van der Waals surface area contributed by atoms with Crippen LogP contribution >= 0.6 is 35.0 Å². The van der Waals surface area contributed by atoms with Gasteiger partial charge in [-0.1, -0.05) is 35.3 Å². The first-order valence-electron chi connectivity index (χ1n) is 5.11. The van der Waals surface area contributed by atoms with Crippen LogP contribution in [0.25, 0.3) is 0 Å². The van der Waals surface area contributed by atoms with Crippen LogP contribution in [0.15, 0.2) is 18.2 Å². The van der Waals surface area contributed by atoms with Crippen molar-refractivity contribution in [1.29, 1.82) is 0 Å². The number of halogens is 2. The predicted octanol–water partition coefficient (Wildman–Crippen LogP) is 3.17. The number of thioether (sulfide) groups is 1. The third-order valence-corrected chi connectivity index (χ3v) is 4.69. The van der Waals surface area contributed by atoms with E-state index in [0.29, 0.717) is 10.0 Å². The maximum Gasteiger partial charge on any atom is 0.304 e. The summed E-state index contributed by atoms with van der Waals surface area (Å²) in [5.74, 6) is -0.0271. The molecule has 2 rings (SSSR count). The Labute approximate surface area is 113 Å². The number of benzene rings is 1. The molecule has 92 valence electrons. The third-order valence-electron chi connectivity index (χ3n) is 2.54. The average Bonchev–Trinajstić information content (AvgIpc) is 2.69. The fourth-order valence-electron chi connectivity index (χ4n) is 1.75. The van der Waals surface area contributed by atoms with Crippen LogP contribution in [-0.2, 0) is 4.79 Å². The van der Waals surface area contributed by atoms with Crippen molar-refractivity contribution >= 4 is 40.9 Å². The van der Waals surface area contributed by atoms with Crippen molar-refractivity contribution in [1.82, 2.24) is 5.32 Å². The summed E-state index contributed by atoms with van der Waals surface area (Å²) in [5.41, 5.74) is 0.914. The zero-order chi connectivity index (χ0) is 12.4. The molecule has 1 fully saturated rings. The highest BCUT2D eigenvalue weighted by molar-refractivity contribution is 7.99. The number of carbonyl (C=O) groups is 1. The van der Waals surface area contributed by atoms with Crippen molar-refractivity contribution in [3.05, 3.63) is 33.8 Å². The zero-order valence-corrected chi connectivity index (χ0v) is 11.1. The lowest BCUT2D eigenvalue weighted by atomic mass is 10.2. The standard InChI is InChI=1S/C11H11Cl2NO2S/c12-8-3-1-2-7(10(8)13)11-14-6(5-17-11)4-9(15)16/h1-3,6,11,14H,4-5H2,(H,15,16). The average molecular weight is 292 g/mol. The molecule has 0 bridgehead atoms. The lowest BCUT2D eigenvalue weighted by Gasteiger charge is -2.14. The second-order valence-electron chi connectivity index (χ2n) is 3.82. The van der Waals surface area contributed by atoms with E-state index in [4.69, 9.17) is 28.3 Å². The summed E-state index contributed by atoms with van der Waals surface area (Å²) in [6.07, 6.45) is 0.127. The first kappa shape index (κ1) is 13.0. The van der Waals surface area contributed by atoms with Crippen LogP contribution < -0.4 is 5.32 Å². The minimum atomic E-state index is -0.791. The molecule has 0 aromatic heterocycles. The fraction of sp³-hybridized carbons (Fsp3) is 0.364. The minimum absolute atomic E-state index is 0.0162. The molecule has 1 aliphatic rings. The summed E-state index contributed by atoms with van der Waals surface area (Å²) in [4.78, 5) is 10.6. The Kier molecular flexibility index (Phi) is 4.20. The molecule has 1 aromatic carbocycles. The molecule has 6 heteroatoms. The summed E-state index contributed by atoms with van der Waals surface area (Å²) >= 11 is 13.7. The van der Waals surface area contributed by atoms with Crippen LogP contribution in [0.2, 0.25) is 10.0 Å². The number of carboxylic acid groups (broad SMARTS) is 1. The van der Waals surface area contributed by atoms with E-state index in [2.05, 4.69) is 5.32 Å². The molecule has 0 radical (unpaired) electrons. The van der Waals surface area contributed by atoms with Crippen LogP contribution in [-0.4, -0.2) is 22.9 Å². The van der Waals surface area contributed by atoms with Crippen molar-refractivity contribution < 1.29 is 9.90 Å². The van der Waals surface area contributed by atoms with Gasteiger partial charge in [0.25, 0.3) is 0 Å². The molecule has 0 saturated carbocycles. The van der Waals surface area contributed by atoms with Crippen molar-refractivity contribution in [2.45, 2.75) is 17.8 Å². The maximum atomic E-state index is 10.6. The Morgan fingerprint density at radius 1 is 1.53 bits per heavy atom. The van der Waals surface area contributed by atoms with Crippen molar-refractivity contribution in [3.8, 4) is 0 Å². The van der Waals surface area contributed by atoms with E-state index < -0.39 is 5.97 Å². The van der Waals surface area contributed by atoms with Crippen molar-refractivity contribution in [3.63, 3.8) is 0 Å². The second kappa shape index (κ2) is 5.48. The van der Waals surface area contributed by atoms with Gasteiger partial charge in [0, 0.05) is 11.8 Å². The Bertz CT molecular complexity index is 441. The third kappa shape index (κ3) is 3.07. The van der Waals surface area contributed by atoms with Gasteiger partial charge in [-0.25, -0.2) is 0 Å². The fourth-order valence-corrected chi connectivity index (χ4v) is 3.54. The molecule has 1 heterocycles. The van der Waals surface area contributed by atoms with Crippen LogP contribution in [0.1, 0.15) is 17.4 Å². The van der Waals surface area contributed by atoms with Gasteiger partial charge >= 0.3 is 5.97 Å². The predicted molar refractivity (Wildman–Crippen MR) is 70.8 cm³/mol. The Morgan fingerprint density at radius 3 is 3.00 bits per heavy atom. The van der Waals surface area contributed by atoms with Gasteiger partial charge in [-0.2, -0.15) is 0 Å². The van der Waals surface area contributed by atoms with E-state index in [0.717, 1.165) is 11.3 Å². The zero-order valence-electron chi connectivity index (χ0n) is 8.82. The van der Waals surface area contributed by atoms with Crippen LogP contribution in [0.4, 0.5) is 0 Å². The lowest BCUT2D eigenvalue weighted by Crippen LogP contribution is -2.28. The summed E-state index contributed by atoms with van der Waals surface area (Å²) < 4.78 is 0. The van der Waals surface area contributed by atoms with Crippen molar-refractivity contribution in [2.75, 3.05) is 5.75 Å². The molecule has 2 N–H and O–H groups in total. The van der Waals surface area contributed by atoms with Gasteiger partial charge in [0.1, 0.15) is 0 Å². The first-order chi connectivity index (χ1) is 8.08. The van der Waals surface area contributed by atoms with E-state index in [1.807, 2.05) is 12.1 Å². The molecule has 0 spiro atoms. The van der Waals surface area contributed by atoms with Gasteiger partial charge in [-0.15, -0.1) is 11.8 Å². The number of carboxylic acids is 1. The number of hydrogen-bond donors (Lipinski definition) is 2. The van der Waals surface area contributed by atoms with E-state index >= 15 is 0 Å². The molecule has 1 aromatic rings. The van der Waals surface area contributed by atoms with E-state index in [-0.39, 0.29) is 17.8 Å². The van der Waals surface area contributed by atoms with E-state index in [1.165, 1.54) is 0 Å². The van der Waals surface area contributed by atoms with Crippen LogP contribution in [0.5, 0.6) is 0 Å². The summed E-state index contributed by atoms with van der Waals surface area (Å²) in [6.45, 7) is 0. The number of rotatable bonds is 3. The first-order valence-corrected chi connectivity index (χ1v) is 6.91. The molecule has 0 amide bonds. The van der Waals surface area contributed by atoms with Crippen molar-refractivity contribution in [2.24, 2.45) is 0 Å². The van der Waals surface area contributed by atoms with Crippen LogP contribution in [0, 0.1) is 0 Å². The molecule has 3 nitrogen and oxygen atoms in total. The second-order valence-corrected chi connectivity index (χ2v) is 5.74. The molecule has 1 saturated heterocycles. The molecule has 2 unspecified atom stereocenters. The molecule has 17 heavy (non-hydrogen) atoms. The van der Waals surface area contributed by atoms with Gasteiger partial charge in [0.05, 0.1) is 21.8 Å². The quantitative estimate of drug-likeness (QED) is 0.898. The Morgan fingerprint density at radius 2 is 2.29 bits per heavy atom. The van der Waals surface area contributed by atoms with Gasteiger partial charge in [-0.05, 0) is 11.6 Å². The number of aliphatic carboxylic acids is 1. The number of hydrogen-bond acceptors (Lipinski definition) is 3. The van der Waals surface area contributed by atoms with Gasteiger partial charge in [0.2, 0.25) is 0 Å². The van der Waals surface area contributed by atoms with E-state index in [9.17, 15) is 4.79 Å². The maximum absolute atomic E-state index is 10.6. The topological polar surface area (TPSA) is 49.3 Å². The highest BCUT2D eigenvalue weighted by Gasteiger charge is 2.28. The molecule has 2 atom stereocenters. The van der Waals surface area contributed by atoms with Gasteiger partial charge in [-0.3, -0.25) is 10.1 Å². The summed E-state index contributed by atoms with van der Waals surface area (Å²) in [7, 11) is 0. The lowest BCUT2D eigenvalue weighted by molar-refractivity contribution is -0.137. The highest BCUT2D eigenvalue weighted by Crippen LogP contribution is 2.39. The van der Waals surface area contributed by atoms with Gasteiger partial charge < -0.3 is 5.11 Å². The molecular weight excluding hydrogens is 281 g/mol. The largest absolute Gasteiger partial charge is 0.481 e.